The first-order valence-electron chi connectivity index (χ1n) is 10.2. The van der Waals surface area contributed by atoms with E-state index in [9.17, 15) is 19.4 Å². The molecule has 4 nitrogen and oxygen atoms in total. The zero-order valence-corrected chi connectivity index (χ0v) is 16.1. The molecule has 1 saturated carbocycles. The average molecular weight is 378 g/mol. The minimum absolute atomic E-state index is 0.162. The fourth-order valence-corrected chi connectivity index (χ4v) is 4.82. The number of carbonyl (C=O) groups excluding carboxylic acids is 1. The molecule has 1 aromatic carbocycles. The maximum absolute atomic E-state index is 14.6. The molecule has 27 heavy (non-hydrogen) atoms. The van der Waals surface area contributed by atoms with Crippen molar-refractivity contribution in [3.8, 4) is 0 Å². The molecule has 0 radical (unpaired) electrons. The van der Waals surface area contributed by atoms with Gasteiger partial charge in [0.05, 0.1) is 19.3 Å². The quantitative estimate of drug-likeness (QED) is 0.530. The Labute approximate surface area is 160 Å². The molecule has 5 unspecified atom stereocenters. The second-order valence-corrected chi connectivity index (χ2v) is 8.05. The lowest BCUT2D eigenvalue weighted by molar-refractivity contribution is -0.140. The summed E-state index contributed by atoms with van der Waals surface area (Å²) in [5.74, 6) is -0.511. The predicted octanol–water partition coefficient (Wildman–Crippen LogP) is 3.98. The molecule has 0 aliphatic heterocycles. The molecule has 0 heterocycles. The van der Waals surface area contributed by atoms with Crippen molar-refractivity contribution in [1.29, 1.82) is 0 Å². The summed E-state index contributed by atoms with van der Waals surface area (Å²) < 4.78 is 19.2. The van der Waals surface area contributed by atoms with Crippen LogP contribution < -0.4 is 0 Å². The molecular formula is C22H31FO4. The Hall–Kier alpha value is -1.46. The highest BCUT2D eigenvalue weighted by Gasteiger charge is 2.43. The monoisotopic (exact) mass is 378 g/mol. The Bertz CT molecular complexity index is 647. The zero-order valence-electron chi connectivity index (χ0n) is 16.1. The van der Waals surface area contributed by atoms with E-state index in [1.165, 1.54) is 7.11 Å². The summed E-state index contributed by atoms with van der Waals surface area (Å²) >= 11 is 0. The fourth-order valence-electron chi connectivity index (χ4n) is 4.82. The highest BCUT2D eigenvalue weighted by Crippen LogP contribution is 2.45. The molecule has 0 saturated heterocycles. The molecule has 2 N–H and O–H groups in total. The van der Waals surface area contributed by atoms with Crippen LogP contribution in [0.2, 0.25) is 0 Å². The van der Waals surface area contributed by atoms with Crippen LogP contribution in [0.4, 0.5) is 4.39 Å². The molecule has 5 atom stereocenters. The third kappa shape index (κ3) is 4.69. The molecule has 2 aliphatic rings. The van der Waals surface area contributed by atoms with Gasteiger partial charge in [-0.1, -0.05) is 37.5 Å². The summed E-state index contributed by atoms with van der Waals surface area (Å²) in [5.41, 5.74) is 3.12. The van der Waals surface area contributed by atoms with E-state index >= 15 is 0 Å². The van der Waals surface area contributed by atoms with Crippen LogP contribution in [0.5, 0.6) is 0 Å². The van der Waals surface area contributed by atoms with Gasteiger partial charge in [0.25, 0.3) is 0 Å². The first-order chi connectivity index (χ1) is 13.0. The van der Waals surface area contributed by atoms with Gasteiger partial charge in [0.15, 0.2) is 0 Å². The summed E-state index contributed by atoms with van der Waals surface area (Å²) in [6.07, 6.45) is 4.57. The smallest absolute Gasteiger partial charge is 0.305 e. The van der Waals surface area contributed by atoms with Gasteiger partial charge in [-0.25, -0.2) is 4.39 Å². The Kier molecular flexibility index (Phi) is 6.88. The maximum Gasteiger partial charge on any atom is 0.305 e. The van der Waals surface area contributed by atoms with E-state index in [1.807, 2.05) is 12.1 Å². The van der Waals surface area contributed by atoms with Gasteiger partial charge in [0.1, 0.15) is 6.17 Å². The lowest BCUT2D eigenvalue weighted by atomic mass is 9.83. The molecule has 3 rings (SSSR count). The summed E-state index contributed by atoms with van der Waals surface area (Å²) in [5, 5.41) is 20.5. The minimum atomic E-state index is -0.973. The first kappa shape index (κ1) is 20.3. The number of rotatable bonds is 8. The van der Waals surface area contributed by atoms with Gasteiger partial charge < -0.3 is 14.9 Å². The lowest BCUT2D eigenvalue weighted by Gasteiger charge is -2.24. The second kappa shape index (κ2) is 9.16. The highest BCUT2D eigenvalue weighted by atomic mass is 19.1. The number of aliphatic hydroxyl groups is 2. The standard InChI is InChI=1S/C22H31FO4/c1-27-21(26)7-5-3-2-4-6-17-18(23)13-20(25)22(17)15-8-10-16-14(12-15)9-11-19(16)24/h8,10,12,17-20,22,24-25H,2-7,9,11,13H2,1H3. The van der Waals surface area contributed by atoms with Crippen LogP contribution in [0.1, 0.15) is 80.1 Å². The number of halogens is 1. The molecule has 150 valence electrons. The van der Waals surface area contributed by atoms with Crippen molar-refractivity contribution in [2.45, 2.75) is 82.1 Å². The zero-order chi connectivity index (χ0) is 19.4. The van der Waals surface area contributed by atoms with Crippen molar-refractivity contribution in [3.05, 3.63) is 34.9 Å². The average Bonchev–Trinajstić information content (AvgIpc) is 3.16. The SMILES string of the molecule is COC(=O)CCCCCCC1C(F)CC(O)C1c1ccc2c(c1)CCC2O. The topological polar surface area (TPSA) is 66.8 Å². The lowest BCUT2D eigenvalue weighted by Crippen LogP contribution is -2.19. The predicted molar refractivity (Wildman–Crippen MR) is 101 cm³/mol. The van der Waals surface area contributed by atoms with E-state index in [2.05, 4.69) is 10.8 Å². The Morgan fingerprint density at radius 1 is 1.22 bits per heavy atom. The van der Waals surface area contributed by atoms with Gasteiger partial charge >= 0.3 is 5.97 Å². The molecule has 0 bridgehead atoms. The van der Waals surface area contributed by atoms with Crippen LogP contribution in [0.15, 0.2) is 18.2 Å². The number of hydrogen-bond acceptors (Lipinski definition) is 4. The number of alkyl halides is 1. The normalized spacial score (nSPS) is 29.7. The van der Waals surface area contributed by atoms with Crippen molar-refractivity contribution in [3.63, 3.8) is 0 Å². The van der Waals surface area contributed by atoms with Crippen molar-refractivity contribution in [2.75, 3.05) is 7.11 Å². The van der Waals surface area contributed by atoms with Gasteiger partial charge in [0, 0.05) is 18.8 Å². The van der Waals surface area contributed by atoms with Crippen molar-refractivity contribution < 1.29 is 24.1 Å². The van der Waals surface area contributed by atoms with Crippen LogP contribution >= 0.6 is 0 Å². The number of benzene rings is 1. The highest BCUT2D eigenvalue weighted by molar-refractivity contribution is 5.68. The van der Waals surface area contributed by atoms with E-state index < -0.39 is 18.4 Å². The molecule has 0 spiro atoms. The third-order valence-electron chi connectivity index (χ3n) is 6.30. The first-order valence-corrected chi connectivity index (χ1v) is 10.2. The van der Waals surface area contributed by atoms with Crippen LogP contribution in [0.25, 0.3) is 0 Å². The van der Waals surface area contributed by atoms with Crippen molar-refractivity contribution >= 4 is 5.97 Å². The van der Waals surface area contributed by atoms with E-state index in [0.29, 0.717) is 6.42 Å². The van der Waals surface area contributed by atoms with E-state index in [-0.39, 0.29) is 24.2 Å². The Morgan fingerprint density at radius 3 is 2.78 bits per heavy atom. The molecule has 1 aromatic rings. The number of esters is 1. The van der Waals surface area contributed by atoms with Gasteiger partial charge in [-0.05, 0) is 48.3 Å². The Morgan fingerprint density at radius 2 is 2.00 bits per heavy atom. The van der Waals surface area contributed by atoms with Crippen LogP contribution in [0, 0.1) is 5.92 Å². The maximum atomic E-state index is 14.6. The molecular weight excluding hydrogens is 347 g/mol. The number of unbranched alkanes of at least 4 members (excludes halogenated alkanes) is 3. The summed E-state index contributed by atoms with van der Waals surface area (Å²) in [4.78, 5) is 11.1. The molecule has 2 aliphatic carbocycles. The molecule has 1 fully saturated rings. The minimum Gasteiger partial charge on any atom is -0.469 e. The van der Waals surface area contributed by atoms with Crippen LogP contribution in [0.3, 0.4) is 0 Å². The number of methoxy groups -OCH3 is 1. The number of hydrogen-bond donors (Lipinski definition) is 2. The number of ether oxygens (including phenoxy) is 1. The van der Waals surface area contributed by atoms with Crippen LogP contribution in [-0.2, 0) is 16.0 Å². The Balaban J connectivity index is 1.56. The number of aliphatic hydroxyl groups excluding tert-OH is 2. The van der Waals surface area contributed by atoms with Gasteiger partial charge in [-0.3, -0.25) is 4.79 Å². The molecule has 5 heteroatoms. The second-order valence-electron chi connectivity index (χ2n) is 8.05. The van der Waals surface area contributed by atoms with Gasteiger partial charge in [0.2, 0.25) is 0 Å². The number of fused-ring (bicyclic) bond motifs is 1. The van der Waals surface area contributed by atoms with E-state index in [4.69, 9.17) is 0 Å². The van der Waals surface area contributed by atoms with Crippen molar-refractivity contribution in [2.24, 2.45) is 5.92 Å². The fraction of sp³-hybridized carbons (Fsp3) is 0.682. The van der Waals surface area contributed by atoms with E-state index in [0.717, 1.165) is 61.6 Å². The number of carbonyl (C=O) groups is 1. The molecule has 0 aromatic heterocycles. The van der Waals surface area contributed by atoms with Gasteiger partial charge in [-0.15, -0.1) is 0 Å². The van der Waals surface area contributed by atoms with Gasteiger partial charge in [-0.2, -0.15) is 0 Å². The third-order valence-corrected chi connectivity index (χ3v) is 6.30. The van der Waals surface area contributed by atoms with Crippen molar-refractivity contribution in [1.82, 2.24) is 0 Å². The summed E-state index contributed by atoms with van der Waals surface area (Å²) in [7, 11) is 1.40. The molecule has 0 amide bonds. The largest absolute Gasteiger partial charge is 0.469 e. The van der Waals surface area contributed by atoms with E-state index in [1.54, 1.807) is 0 Å². The van der Waals surface area contributed by atoms with Crippen LogP contribution in [-0.4, -0.2) is 35.6 Å². The summed E-state index contributed by atoms with van der Waals surface area (Å²) in [6.45, 7) is 0. The number of aryl methyl sites for hydroxylation is 1. The summed E-state index contributed by atoms with van der Waals surface area (Å²) in [6, 6.07) is 5.98.